The lowest BCUT2D eigenvalue weighted by molar-refractivity contribution is 0.0906. The number of carbonyl (C=O) groups is 1. The minimum Gasteiger partial charge on any atom is -0.348 e. The minimum atomic E-state index is 0.0271. The number of carbonyl (C=O) groups excluding carboxylic acids is 1. The number of benzene rings is 1. The lowest BCUT2D eigenvalue weighted by atomic mass is 10.1. The summed E-state index contributed by atoms with van der Waals surface area (Å²) in [6, 6.07) is 7.80. The molecule has 1 aromatic rings. The van der Waals surface area contributed by atoms with Crippen LogP contribution in [0.25, 0.3) is 0 Å². The fourth-order valence-corrected chi connectivity index (χ4v) is 2.76. The lowest BCUT2D eigenvalue weighted by Crippen LogP contribution is -2.47. The Hall–Kier alpha value is -0.870. The quantitative estimate of drug-likeness (QED) is 0.931. The van der Waals surface area contributed by atoms with Crippen LogP contribution in [0.4, 0.5) is 0 Å². The highest BCUT2D eigenvalue weighted by molar-refractivity contribution is 9.10. The number of hydrogen-bond donors (Lipinski definition) is 1. The van der Waals surface area contributed by atoms with Gasteiger partial charge in [0.05, 0.1) is 0 Å². The van der Waals surface area contributed by atoms with E-state index in [2.05, 4.69) is 33.1 Å². The van der Waals surface area contributed by atoms with Crippen molar-refractivity contribution < 1.29 is 4.79 Å². The second kappa shape index (κ2) is 6.34. The summed E-state index contributed by atoms with van der Waals surface area (Å²) in [5.41, 5.74) is 0.720. The molecule has 1 atom stereocenters. The van der Waals surface area contributed by atoms with Crippen LogP contribution in [-0.2, 0) is 0 Å². The molecule has 1 aliphatic heterocycles. The van der Waals surface area contributed by atoms with Crippen molar-refractivity contribution >= 4 is 21.8 Å². The van der Waals surface area contributed by atoms with Crippen molar-refractivity contribution in [1.29, 1.82) is 0 Å². The van der Waals surface area contributed by atoms with E-state index in [0.717, 1.165) is 42.5 Å². The van der Waals surface area contributed by atoms with Crippen LogP contribution in [0.15, 0.2) is 28.7 Å². The standard InChI is InChI=1S/C14H19BrN2O/c1-2-17-8-4-7-13(10-17)16-14(18)11-5-3-6-12(15)9-11/h3,5-6,9,13H,2,4,7-8,10H2,1H3,(H,16,18). The number of hydrogen-bond acceptors (Lipinski definition) is 2. The van der Waals surface area contributed by atoms with Crippen LogP contribution in [0.1, 0.15) is 30.1 Å². The zero-order valence-electron chi connectivity index (χ0n) is 10.7. The van der Waals surface area contributed by atoms with Crippen LogP contribution in [0.3, 0.4) is 0 Å². The molecule has 1 aromatic carbocycles. The third kappa shape index (κ3) is 3.56. The molecule has 1 heterocycles. The largest absolute Gasteiger partial charge is 0.348 e. The van der Waals surface area contributed by atoms with E-state index in [0.29, 0.717) is 0 Å². The highest BCUT2D eigenvalue weighted by atomic mass is 79.9. The summed E-state index contributed by atoms with van der Waals surface area (Å²) in [6.07, 6.45) is 2.24. The molecule has 0 bridgehead atoms. The van der Waals surface area contributed by atoms with Crippen molar-refractivity contribution in [2.45, 2.75) is 25.8 Å². The summed E-state index contributed by atoms with van der Waals surface area (Å²) in [6.45, 7) is 5.35. The Morgan fingerprint density at radius 2 is 2.39 bits per heavy atom. The van der Waals surface area contributed by atoms with Gasteiger partial charge in [0.15, 0.2) is 0 Å². The van der Waals surface area contributed by atoms with Gasteiger partial charge in [0.2, 0.25) is 0 Å². The molecule has 0 spiro atoms. The predicted octanol–water partition coefficient (Wildman–Crippen LogP) is 2.66. The molecular formula is C14H19BrN2O. The van der Waals surface area contributed by atoms with Gasteiger partial charge in [0.1, 0.15) is 0 Å². The lowest BCUT2D eigenvalue weighted by Gasteiger charge is -2.32. The summed E-state index contributed by atoms with van der Waals surface area (Å²) in [7, 11) is 0. The van der Waals surface area contributed by atoms with Crippen molar-refractivity contribution in [2.75, 3.05) is 19.6 Å². The highest BCUT2D eigenvalue weighted by Gasteiger charge is 2.20. The molecule has 1 N–H and O–H groups in total. The van der Waals surface area contributed by atoms with Crippen LogP contribution in [0.2, 0.25) is 0 Å². The molecule has 1 saturated heterocycles. The van der Waals surface area contributed by atoms with Crippen molar-refractivity contribution in [3.05, 3.63) is 34.3 Å². The Kier molecular flexibility index (Phi) is 4.78. The maximum absolute atomic E-state index is 12.1. The third-order valence-electron chi connectivity index (χ3n) is 3.37. The van der Waals surface area contributed by atoms with Crippen LogP contribution in [-0.4, -0.2) is 36.5 Å². The van der Waals surface area contributed by atoms with Gasteiger partial charge in [0.25, 0.3) is 5.91 Å². The van der Waals surface area contributed by atoms with Crippen LogP contribution in [0.5, 0.6) is 0 Å². The van der Waals surface area contributed by atoms with Crippen LogP contribution < -0.4 is 5.32 Å². The number of likely N-dealkylation sites (N-methyl/N-ethyl adjacent to an activating group) is 1. The van der Waals surface area contributed by atoms with Crippen LogP contribution in [0, 0.1) is 0 Å². The Morgan fingerprint density at radius 3 is 3.11 bits per heavy atom. The highest BCUT2D eigenvalue weighted by Crippen LogP contribution is 2.13. The molecule has 0 saturated carbocycles. The van der Waals surface area contributed by atoms with Gasteiger partial charge in [-0.3, -0.25) is 4.79 Å². The molecular weight excluding hydrogens is 292 g/mol. The van der Waals surface area contributed by atoms with Gasteiger partial charge in [-0.25, -0.2) is 0 Å². The summed E-state index contributed by atoms with van der Waals surface area (Å²) < 4.78 is 0.939. The fraction of sp³-hybridized carbons (Fsp3) is 0.500. The van der Waals surface area contributed by atoms with Gasteiger partial charge >= 0.3 is 0 Å². The number of nitrogens with one attached hydrogen (secondary N) is 1. The van der Waals surface area contributed by atoms with Crippen LogP contribution >= 0.6 is 15.9 Å². The number of likely N-dealkylation sites (tertiary alicyclic amines) is 1. The predicted molar refractivity (Wildman–Crippen MR) is 76.7 cm³/mol. The molecule has 1 amide bonds. The number of piperidine rings is 1. The average Bonchev–Trinajstić information content (AvgIpc) is 2.39. The van der Waals surface area contributed by atoms with E-state index >= 15 is 0 Å². The van der Waals surface area contributed by atoms with Crippen molar-refractivity contribution in [2.24, 2.45) is 0 Å². The molecule has 4 heteroatoms. The first kappa shape index (κ1) is 13.6. The van der Waals surface area contributed by atoms with E-state index in [1.807, 2.05) is 24.3 Å². The SMILES string of the molecule is CCN1CCCC(NC(=O)c2cccc(Br)c2)C1. The molecule has 18 heavy (non-hydrogen) atoms. The molecule has 1 fully saturated rings. The molecule has 1 unspecified atom stereocenters. The van der Waals surface area contributed by atoms with E-state index in [1.54, 1.807) is 0 Å². The van der Waals surface area contributed by atoms with Crippen molar-refractivity contribution in [1.82, 2.24) is 10.2 Å². The minimum absolute atomic E-state index is 0.0271. The summed E-state index contributed by atoms with van der Waals surface area (Å²) in [5.74, 6) is 0.0271. The topological polar surface area (TPSA) is 32.3 Å². The molecule has 0 aromatic heterocycles. The van der Waals surface area contributed by atoms with E-state index in [9.17, 15) is 4.79 Å². The average molecular weight is 311 g/mol. The van der Waals surface area contributed by atoms with E-state index in [4.69, 9.17) is 0 Å². The van der Waals surface area contributed by atoms with Gasteiger partial charge < -0.3 is 10.2 Å². The van der Waals surface area contributed by atoms with Gasteiger partial charge in [-0.05, 0) is 44.1 Å². The first-order valence-corrected chi connectivity index (χ1v) is 7.27. The van der Waals surface area contributed by atoms with Gasteiger partial charge in [-0.1, -0.05) is 28.9 Å². The molecule has 1 aliphatic rings. The zero-order valence-corrected chi connectivity index (χ0v) is 12.2. The second-order valence-corrected chi connectivity index (χ2v) is 5.63. The monoisotopic (exact) mass is 310 g/mol. The normalized spacial score (nSPS) is 20.7. The maximum Gasteiger partial charge on any atom is 0.251 e. The van der Waals surface area contributed by atoms with E-state index in [-0.39, 0.29) is 11.9 Å². The van der Waals surface area contributed by atoms with E-state index < -0.39 is 0 Å². The van der Waals surface area contributed by atoms with Gasteiger partial charge in [-0.15, -0.1) is 0 Å². The van der Waals surface area contributed by atoms with Crippen molar-refractivity contribution in [3.8, 4) is 0 Å². The molecule has 0 radical (unpaired) electrons. The Balaban J connectivity index is 1.95. The Bertz CT molecular complexity index is 422. The molecule has 3 nitrogen and oxygen atoms in total. The smallest absolute Gasteiger partial charge is 0.251 e. The maximum atomic E-state index is 12.1. The first-order valence-electron chi connectivity index (χ1n) is 6.48. The summed E-state index contributed by atoms with van der Waals surface area (Å²) >= 11 is 3.39. The third-order valence-corrected chi connectivity index (χ3v) is 3.87. The van der Waals surface area contributed by atoms with E-state index in [1.165, 1.54) is 0 Å². The van der Waals surface area contributed by atoms with Gasteiger partial charge in [0, 0.05) is 22.6 Å². The first-order chi connectivity index (χ1) is 8.69. The number of nitrogens with zero attached hydrogens (tertiary/aromatic N) is 1. The Labute approximate surface area is 117 Å². The summed E-state index contributed by atoms with van der Waals surface area (Å²) in [4.78, 5) is 14.5. The second-order valence-electron chi connectivity index (χ2n) is 4.72. The molecule has 98 valence electrons. The zero-order chi connectivity index (χ0) is 13.0. The number of halogens is 1. The summed E-state index contributed by atoms with van der Waals surface area (Å²) in [5, 5.41) is 3.13. The Morgan fingerprint density at radius 1 is 1.56 bits per heavy atom. The fourth-order valence-electron chi connectivity index (χ4n) is 2.36. The van der Waals surface area contributed by atoms with Crippen molar-refractivity contribution in [3.63, 3.8) is 0 Å². The van der Waals surface area contributed by atoms with Gasteiger partial charge in [-0.2, -0.15) is 0 Å². The molecule has 0 aliphatic carbocycles. The number of amides is 1. The molecule has 2 rings (SSSR count). The number of rotatable bonds is 3.